The molecule has 0 radical (unpaired) electrons. The molecule has 0 aromatic heterocycles. The molecule has 0 bridgehead atoms. The number of hydrogen-bond donors (Lipinski definition) is 3. The monoisotopic (exact) mass is 311 g/mol. The number of hydrogen-bond acceptors (Lipinski definition) is 4. The lowest BCUT2D eigenvalue weighted by molar-refractivity contribution is -0.118. The predicted octanol–water partition coefficient (Wildman–Crippen LogP) is 2.20. The van der Waals surface area contributed by atoms with E-state index < -0.39 is 0 Å². The van der Waals surface area contributed by atoms with Crippen LogP contribution in [0.2, 0.25) is 0 Å². The summed E-state index contributed by atoms with van der Waals surface area (Å²) >= 11 is 0. The van der Waals surface area contributed by atoms with Crippen LogP contribution in [-0.4, -0.2) is 25.7 Å². The van der Waals surface area contributed by atoms with E-state index in [9.17, 15) is 4.79 Å². The van der Waals surface area contributed by atoms with Crippen LogP contribution >= 0.6 is 0 Å². The van der Waals surface area contributed by atoms with E-state index in [2.05, 4.69) is 16.0 Å². The van der Waals surface area contributed by atoms with Gasteiger partial charge in [-0.2, -0.15) is 0 Å². The van der Waals surface area contributed by atoms with E-state index in [1.165, 1.54) is 5.56 Å². The topological polar surface area (TPSA) is 62.4 Å². The van der Waals surface area contributed by atoms with E-state index >= 15 is 0 Å². The van der Waals surface area contributed by atoms with Gasteiger partial charge in [0.15, 0.2) is 6.61 Å². The van der Waals surface area contributed by atoms with Crippen LogP contribution < -0.4 is 20.7 Å². The molecule has 3 N–H and O–H groups in total. The average Bonchev–Trinajstić information content (AvgIpc) is 3.09. The van der Waals surface area contributed by atoms with E-state index in [1.54, 1.807) is 0 Å². The first kappa shape index (κ1) is 15.5. The number of ether oxygens (including phenoxy) is 1. The maximum Gasteiger partial charge on any atom is 0.262 e. The minimum absolute atomic E-state index is 0.00108. The number of anilines is 1. The lowest BCUT2D eigenvalue weighted by atomic mass is 10.1. The molecule has 1 aliphatic rings. The molecule has 2 aromatic rings. The molecule has 0 saturated carbocycles. The zero-order valence-corrected chi connectivity index (χ0v) is 13.1. The summed E-state index contributed by atoms with van der Waals surface area (Å²) in [5.74, 6) is 0.528. The van der Waals surface area contributed by atoms with Crippen molar-refractivity contribution in [1.29, 1.82) is 0 Å². The Morgan fingerprint density at radius 3 is 2.57 bits per heavy atom. The van der Waals surface area contributed by atoms with Crippen LogP contribution in [0.5, 0.6) is 5.75 Å². The molecule has 2 aromatic carbocycles. The van der Waals surface area contributed by atoms with Crippen molar-refractivity contribution in [3.63, 3.8) is 0 Å². The Balaban J connectivity index is 1.50. The highest BCUT2D eigenvalue weighted by Crippen LogP contribution is 2.17. The Kier molecular flexibility index (Phi) is 4.90. The number of carbonyl (C=O) groups is 1. The zero-order chi connectivity index (χ0) is 16.1. The van der Waals surface area contributed by atoms with Gasteiger partial charge in [-0.25, -0.2) is 0 Å². The molecule has 120 valence electrons. The van der Waals surface area contributed by atoms with Crippen LogP contribution in [0.4, 0.5) is 5.69 Å². The second-order valence-electron chi connectivity index (χ2n) is 5.66. The van der Waals surface area contributed by atoms with Crippen LogP contribution in [-0.2, 0) is 4.79 Å². The number of rotatable bonds is 5. The number of amides is 1. The van der Waals surface area contributed by atoms with Crippen molar-refractivity contribution in [3.05, 3.63) is 59.7 Å². The van der Waals surface area contributed by atoms with Gasteiger partial charge in [0.1, 0.15) is 5.75 Å². The van der Waals surface area contributed by atoms with E-state index in [0.29, 0.717) is 11.8 Å². The van der Waals surface area contributed by atoms with Crippen LogP contribution in [0.3, 0.4) is 0 Å². The second kappa shape index (κ2) is 7.26. The van der Waals surface area contributed by atoms with Crippen molar-refractivity contribution in [1.82, 2.24) is 10.6 Å². The van der Waals surface area contributed by atoms with Crippen LogP contribution in [0, 0.1) is 6.92 Å². The molecule has 1 atom stereocenters. The standard InChI is InChI=1S/C18H21N3O2/c1-13-2-8-16(9-3-13)23-11-18(22)21-15-6-4-14(5-7-15)17-10-19-12-20-17/h2-9,17,19-20H,10-12H2,1H3,(H,21,22). The Bertz CT molecular complexity index is 647. The normalized spacial score (nSPS) is 17.0. The van der Waals surface area contributed by atoms with Gasteiger partial charge >= 0.3 is 0 Å². The predicted molar refractivity (Wildman–Crippen MR) is 90.5 cm³/mol. The molecule has 1 aliphatic heterocycles. The van der Waals surface area contributed by atoms with Gasteiger partial charge < -0.3 is 15.4 Å². The molecule has 1 saturated heterocycles. The van der Waals surface area contributed by atoms with E-state index in [1.807, 2.05) is 55.5 Å². The van der Waals surface area contributed by atoms with Crippen LogP contribution in [0.15, 0.2) is 48.5 Å². The molecular formula is C18H21N3O2. The minimum Gasteiger partial charge on any atom is -0.484 e. The van der Waals surface area contributed by atoms with E-state index in [4.69, 9.17) is 4.74 Å². The van der Waals surface area contributed by atoms with Gasteiger partial charge in [-0.05, 0) is 36.8 Å². The molecule has 0 aliphatic carbocycles. The van der Waals surface area contributed by atoms with Crippen molar-refractivity contribution in [2.75, 3.05) is 25.1 Å². The number of nitrogens with one attached hydrogen (secondary N) is 3. The van der Waals surface area contributed by atoms with Crippen molar-refractivity contribution in [2.24, 2.45) is 0 Å². The average molecular weight is 311 g/mol. The molecule has 1 unspecified atom stereocenters. The van der Waals surface area contributed by atoms with Crippen molar-refractivity contribution >= 4 is 11.6 Å². The third-order valence-corrected chi connectivity index (χ3v) is 3.81. The van der Waals surface area contributed by atoms with Gasteiger partial charge in [-0.3, -0.25) is 10.1 Å². The summed E-state index contributed by atoms with van der Waals surface area (Å²) in [6.45, 7) is 3.77. The molecule has 1 heterocycles. The van der Waals surface area contributed by atoms with E-state index in [0.717, 1.165) is 24.5 Å². The summed E-state index contributed by atoms with van der Waals surface area (Å²) in [5.41, 5.74) is 3.15. The third kappa shape index (κ3) is 4.31. The van der Waals surface area contributed by atoms with Gasteiger partial charge in [0.05, 0.1) is 0 Å². The van der Waals surface area contributed by atoms with Gasteiger partial charge in [0, 0.05) is 24.9 Å². The number of carbonyl (C=O) groups excluding carboxylic acids is 1. The Labute approximate surface area is 136 Å². The summed E-state index contributed by atoms with van der Waals surface area (Å²) in [4.78, 5) is 11.9. The third-order valence-electron chi connectivity index (χ3n) is 3.81. The largest absolute Gasteiger partial charge is 0.484 e. The first-order valence-electron chi connectivity index (χ1n) is 7.74. The highest BCUT2D eigenvalue weighted by molar-refractivity contribution is 5.91. The molecular weight excluding hydrogens is 290 g/mol. The molecule has 23 heavy (non-hydrogen) atoms. The molecule has 1 fully saturated rings. The zero-order valence-electron chi connectivity index (χ0n) is 13.1. The Hall–Kier alpha value is -2.37. The van der Waals surface area contributed by atoms with Gasteiger partial charge in [0.2, 0.25) is 0 Å². The molecule has 0 spiro atoms. The first-order chi connectivity index (χ1) is 11.2. The van der Waals surface area contributed by atoms with Crippen molar-refractivity contribution < 1.29 is 9.53 Å². The molecule has 5 heteroatoms. The van der Waals surface area contributed by atoms with Gasteiger partial charge in [-0.15, -0.1) is 0 Å². The van der Waals surface area contributed by atoms with Crippen molar-refractivity contribution in [2.45, 2.75) is 13.0 Å². The quantitative estimate of drug-likeness (QED) is 0.792. The lowest BCUT2D eigenvalue weighted by Crippen LogP contribution is -2.20. The highest BCUT2D eigenvalue weighted by atomic mass is 16.5. The maximum absolute atomic E-state index is 11.9. The molecule has 5 nitrogen and oxygen atoms in total. The van der Waals surface area contributed by atoms with Crippen LogP contribution in [0.25, 0.3) is 0 Å². The van der Waals surface area contributed by atoms with Gasteiger partial charge in [0.25, 0.3) is 5.91 Å². The fraction of sp³-hybridized carbons (Fsp3) is 0.278. The SMILES string of the molecule is Cc1ccc(OCC(=O)Nc2ccc(C3CNCN3)cc2)cc1. The smallest absolute Gasteiger partial charge is 0.262 e. The van der Waals surface area contributed by atoms with Crippen LogP contribution in [0.1, 0.15) is 17.2 Å². The summed E-state index contributed by atoms with van der Waals surface area (Å²) in [5, 5.41) is 9.45. The number of aryl methyl sites for hydroxylation is 1. The van der Waals surface area contributed by atoms with Gasteiger partial charge in [-0.1, -0.05) is 29.8 Å². The summed E-state index contributed by atoms with van der Waals surface area (Å²) < 4.78 is 5.47. The first-order valence-corrected chi connectivity index (χ1v) is 7.74. The second-order valence-corrected chi connectivity index (χ2v) is 5.66. The maximum atomic E-state index is 11.9. The van der Waals surface area contributed by atoms with E-state index in [-0.39, 0.29) is 12.5 Å². The highest BCUT2D eigenvalue weighted by Gasteiger charge is 2.15. The number of benzene rings is 2. The summed E-state index contributed by atoms with van der Waals surface area (Å²) in [6.07, 6.45) is 0. The molecule has 1 amide bonds. The lowest BCUT2D eigenvalue weighted by Gasteiger charge is -2.11. The fourth-order valence-corrected chi connectivity index (χ4v) is 2.50. The Morgan fingerprint density at radius 2 is 1.91 bits per heavy atom. The summed E-state index contributed by atoms with van der Waals surface area (Å²) in [6, 6.07) is 15.9. The molecule has 3 rings (SSSR count). The van der Waals surface area contributed by atoms with Crippen molar-refractivity contribution in [3.8, 4) is 5.75 Å². The Morgan fingerprint density at radius 1 is 1.17 bits per heavy atom. The minimum atomic E-state index is -0.168. The summed E-state index contributed by atoms with van der Waals surface area (Å²) in [7, 11) is 0. The fourth-order valence-electron chi connectivity index (χ4n) is 2.50.